The molecule has 1 aromatic heterocycles. The second-order valence-electron chi connectivity index (χ2n) is 4.16. The molecule has 4 heteroatoms. The molecule has 94 valence electrons. The summed E-state index contributed by atoms with van der Waals surface area (Å²) in [5.41, 5.74) is 0.850. The molecule has 0 amide bonds. The summed E-state index contributed by atoms with van der Waals surface area (Å²) in [7, 11) is 0. The Bertz CT molecular complexity index is 583. The van der Waals surface area contributed by atoms with Gasteiger partial charge in [-0.05, 0) is 18.6 Å². The van der Waals surface area contributed by atoms with Crippen molar-refractivity contribution in [3.63, 3.8) is 0 Å². The van der Waals surface area contributed by atoms with Crippen LogP contribution in [0.2, 0.25) is 0 Å². The van der Waals surface area contributed by atoms with Gasteiger partial charge in [-0.1, -0.05) is 32.0 Å². The second-order valence-corrected chi connectivity index (χ2v) is 5.64. The summed E-state index contributed by atoms with van der Waals surface area (Å²) in [6.45, 7) is 4.26. The van der Waals surface area contributed by atoms with Crippen LogP contribution in [0.25, 0.3) is 10.9 Å². The molecule has 0 spiro atoms. The molecule has 1 atom stereocenters. The van der Waals surface area contributed by atoms with Crippen LogP contribution in [-0.2, 0) is 0 Å². The van der Waals surface area contributed by atoms with E-state index in [1.54, 1.807) is 17.8 Å². The van der Waals surface area contributed by atoms with Crippen molar-refractivity contribution in [3.8, 4) is 0 Å². The highest BCUT2D eigenvalue weighted by Crippen LogP contribution is 2.31. The molecule has 2 aromatic rings. The van der Waals surface area contributed by atoms with Gasteiger partial charge in [0.15, 0.2) is 0 Å². The summed E-state index contributed by atoms with van der Waals surface area (Å²) in [5.74, 6) is -0.980. The van der Waals surface area contributed by atoms with Crippen LogP contribution in [0.4, 0.5) is 0 Å². The maximum atomic E-state index is 11.1. The highest BCUT2D eigenvalue weighted by molar-refractivity contribution is 8.00. The summed E-state index contributed by atoms with van der Waals surface area (Å²) in [5, 5.41) is 10.6. The molecule has 0 aliphatic heterocycles. The molecule has 1 N–H and O–H groups in total. The highest BCUT2D eigenvalue weighted by Gasteiger charge is 2.12. The Morgan fingerprint density at radius 1 is 1.44 bits per heavy atom. The molecule has 0 saturated heterocycles. The fourth-order valence-corrected chi connectivity index (χ4v) is 2.73. The van der Waals surface area contributed by atoms with Gasteiger partial charge >= 0.3 is 5.97 Å². The number of aromatic nitrogens is 1. The molecule has 1 aromatic carbocycles. The van der Waals surface area contributed by atoms with Crippen LogP contribution in [0.5, 0.6) is 0 Å². The van der Waals surface area contributed by atoms with E-state index in [4.69, 9.17) is 5.11 Å². The lowest BCUT2D eigenvalue weighted by Crippen LogP contribution is -2.02. The molecular formula is C14H15NO2S. The van der Waals surface area contributed by atoms with Gasteiger partial charge in [-0.25, -0.2) is 9.78 Å². The average Bonchev–Trinajstić information content (AvgIpc) is 2.38. The molecule has 0 aliphatic carbocycles. The van der Waals surface area contributed by atoms with Gasteiger partial charge < -0.3 is 5.11 Å². The lowest BCUT2D eigenvalue weighted by molar-refractivity contribution is 0.0690. The largest absolute Gasteiger partial charge is 0.477 e. The number of hydrogen-bond donors (Lipinski definition) is 1. The van der Waals surface area contributed by atoms with Gasteiger partial charge in [0.2, 0.25) is 0 Å². The zero-order valence-electron chi connectivity index (χ0n) is 10.4. The molecule has 2 rings (SSSR count). The van der Waals surface area contributed by atoms with E-state index in [-0.39, 0.29) is 5.69 Å². The van der Waals surface area contributed by atoms with E-state index < -0.39 is 5.97 Å². The summed E-state index contributed by atoms with van der Waals surface area (Å²) >= 11 is 1.70. The molecule has 18 heavy (non-hydrogen) atoms. The lowest BCUT2D eigenvalue weighted by Gasteiger charge is -2.11. The van der Waals surface area contributed by atoms with E-state index in [0.29, 0.717) is 5.25 Å². The van der Waals surface area contributed by atoms with Crippen molar-refractivity contribution in [3.05, 3.63) is 36.0 Å². The normalized spacial score (nSPS) is 12.6. The van der Waals surface area contributed by atoms with Crippen molar-refractivity contribution in [2.45, 2.75) is 30.4 Å². The number of hydrogen-bond acceptors (Lipinski definition) is 3. The number of aromatic carboxylic acids is 1. The van der Waals surface area contributed by atoms with Gasteiger partial charge in [0.1, 0.15) is 5.69 Å². The average molecular weight is 261 g/mol. The van der Waals surface area contributed by atoms with E-state index >= 15 is 0 Å². The highest BCUT2D eigenvalue weighted by atomic mass is 32.2. The number of carboxylic acids is 1. The van der Waals surface area contributed by atoms with Gasteiger partial charge in [0.25, 0.3) is 0 Å². The molecule has 0 radical (unpaired) electrons. The predicted molar refractivity (Wildman–Crippen MR) is 74.3 cm³/mol. The Kier molecular flexibility index (Phi) is 3.87. The third-order valence-corrected chi connectivity index (χ3v) is 4.13. The van der Waals surface area contributed by atoms with Crippen LogP contribution in [-0.4, -0.2) is 21.3 Å². The minimum absolute atomic E-state index is 0.111. The number of carbonyl (C=O) groups is 1. The number of rotatable bonds is 4. The predicted octanol–water partition coefficient (Wildman–Crippen LogP) is 3.82. The second kappa shape index (κ2) is 5.40. The standard InChI is InChI=1S/C14H15NO2S/c1-3-9(2)18-13-8-12(14(16)17)15-11-7-5-4-6-10(11)13/h4-9H,3H2,1-2H3,(H,16,17). The molecule has 1 heterocycles. The quantitative estimate of drug-likeness (QED) is 0.850. The smallest absolute Gasteiger partial charge is 0.354 e. The minimum atomic E-state index is -0.980. The van der Waals surface area contributed by atoms with Gasteiger partial charge in [0, 0.05) is 15.5 Å². The third-order valence-electron chi connectivity index (χ3n) is 2.80. The van der Waals surface area contributed by atoms with Crippen molar-refractivity contribution in [1.29, 1.82) is 0 Å². The molecule has 0 bridgehead atoms. The Balaban J connectivity index is 2.57. The van der Waals surface area contributed by atoms with Crippen LogP contribution >= 0.6 is 11.8 Å². The van der Waals surface area contributed by atoms with Gasteiger partial charge in [-0.3, -0.25) is 0 Å². The van der Waals surface area contributed by atoms with Crippen LogP contribution in [0.15, 0.2) is 35.2 Å². The van der Waals surface area contributed by atoms with Crippen molar-refractivity contribution in [2.75, 3.05) is 0 Å². The van der Waals surface area contributed by atoms with E-state index in [1.807, 2.05) is 24.3 Å². The first-order valence-corrected chi connectivity index (χ1v) is 6.79. The van der Waals surface area contributed by atoms with Crippen LogP contribution in [0.3, 0.4) is 0 Å². The van der Waals surface area contributed by atoms with Gasteiger partial charge in [-0.15, -0.1) is 11.8 Å². The summed E-state index contributed by atoms with van der Waals surface area (Å²) in [6, 6.07) is 9.33. The first-order chi connectivity index (χ1) is 8.61. The first kappa shape index (κ1) is 12.9. The molecular weight excluding hydrogens is 246 g/mol. The zero-order chi connectivity index (χ0) is 13.1. The van der Waals surface area contributed by atoms with Crippen molar-refractivity contribution in [2.24, 2.45) is 0 Å². The molecule has 0 fully saturated rings. The topological polar surface area (TPSA) is 50.2 Å². The number of nitrogens with zero attached hydrogens (tertiary/aromatic N) is 1. The first-order valence-electron chi connectivity index (χ1n) is 5.91. The SMILES string of the molecule is CCC(C)Sc1cc(C(=O)O)nc2ccccc12. The van der Waals surface area contributed by atoms with Gasteiger partial charge in [-0.2, -0.15) is 0 Å². The Morgan fingerprint density at radius 3 is 2.83 bits per heavy atom. The van der Waals surface area contributed by atoms with E-state index in [0.717, 1.165) is 22.2 Å². The monoisotopic (exact) mass is 261 g/mol. The Morgan fingerprint density at radius 2 is 2.17 bits per heavy atom. The number of para-hydroxylation sites is 1. The van der Waals surface area contributed by atoms with Crippen molar-refractivity contribution < 1.29 is 9.90 Å². The van der Waals surface area contributed by atoms with Crippen molar-refractivity contribution in [1.82, 2.24) is 4.98 Å². The Labute approximate surface area is 110 Å². The number of carboxylic acid groups (broad SMARTS) is 1. The number of pyridine rings is 1. The third kappa shape index (κ3) is 2.64. The maximum absolute atomic E-state index is 11.1. The molecule has 1 unspecified atom stereocenters. The fourth-order valence-electron chi connectivity index (χ4n) is 1.65. The van der Waals surface area contributed by atoms with E-state index in [9.17, 15) is 4.79 Å². The number of thioether (sulfide) groups is 1. The summed E-state index contributed by atoms with van der Waals surface area (Å²) in [6.07, 6.45) is 1.05. The van der Waals surface area contributed by atoms with E-state index in [2.05, 4.69) is 18.8 Å². The van der Waals surface area contributed by atoms with Crippen LogP contribution in [0.1, 0.15) is 30.8 Å². The zero-order valence-corrected chi connectivity index (χ0v) is 11.2. The number of benzene rings is 1. The van der Waals surface area contributed by atoms with E-state index in [1.165, 1.54) is 0 Å². The fraction of sp³-hybridized carbons (Fsp3) is 0.286. The summed E-state index contributed by atoms with van der Waals surface area (Å²) < 4.78 is 0. The summed E-state index contributed by atoms with van der Waals surface area (Å²) in [4.78, 5) is 16.2. The maximum Gasteiger partial charge on any atom is 0.354 e. The minimum Gasteiger partial charge on any atom is -0.477 e. The molecule has 0 aliphatic rings. The van der Waals surface area contributed by atoms with Crippen molar-refractivity contribution >= 4 is 28.6 Å². The molecule has 0 saturated carbocycles. The van der Waals surface area contributed by atoms with Crippen LogP contribution < -0.4 is 0 Å². The Hall–Kier alpha value is -1.55. The molecule has 3 nitrogen and oxygen atoms in total. The van der Waals surface area contributed by atoms with Crippen LogP contribution in [0, 0.1) is 0 Å². The lowest BCUT2D eigenvalue weighted by atomic mass is 10.2. The number of fused-ring (bicyclic) bond motifs is 1. The van der Waals surface area contributed by atoms with Gasteiger partial charge in [0.05, 0.1) is 5.52 Å².